The highest BCUT2D eigenvalue weighted by molar-refractivity contribution is 7.13. The van der Waals surface area contributed by atoms with E-state index in [1.54, 1.807) is 18.4 Å². The van der Waals surface area contributed by atoms with Crippen LogP contribution < -0.4 is 15.5 Å². The average Bonchev–Trinajstić information content (AvgIpc) is 3.19. The Labute approximate surface area is 172 Å². The molecule has 1 fully saturated rings. The Kier molecular flexibility index (Phi) is 7.68. The van der Waals surface area contributed by atoms with Crippen molar-refractivity contribution in [2.45, 2.75) is 38.9 Å². The molecule has 0 aliphatic carbocycles. The molecule has 0 atom stereocenters. The van der Waals surface area contributed by atoms with E-state index in [4.69, 9.17) is 0 Å². The highest BCUT2D eigenvalue weighted by Gasteiger charge is 2.10. The summed E-state index contributed by atoms with van der Waals surface area (Å²) in [6.45, 7) is 4.96. The maximum absolute atomic E-state index is 4.59. The Morgan fingerprint density at radius 1 is 1.07 bits per heavy atom. The van der Waals surface area contributed by atoms with Crippen molar-refractivity contribution in [1.29, 1.82) is 0 Å². The van der Waals surface area contributed by atoms with Gasteiger partial charge in [-0.15, -0.1) is 11.3 Å². The molecule has 7 heteroatoms. The minimum Gasteiger partial charge on any atom is -0.354 e. The Morgan fingerprint density at radius 2 is 1.75 bits per heavy atom. The van der Waals surface area contributed by atoms with Gasteiger partial charge in [-0.3, -0.25) is 9.89 Å². The molecule has 0 saturated carbocycles. The van der Waals surface area contributed by atoms with Crippen LogP contribution in [0.2, 0.25) is 0 Å². The summed E-state index contributed by atoms with van der Waals surface area (Å²) in [6.07, 6.45) is 4.06. The molecule has 2 aromatic rings. The molecule has 2 heterocycles. The molecule has 0 bridgehead atoms. The summed E-state index contributed by atoms with van der Waals surface area (Å²) in [5.74, 6) is 0.789. The summed E-state index contributed by atoms with van der Waals surface area (Å²) in [5.41, 5.74) is 3.68. The number of guanidine groups is 1. The van der Waals surface area contributed by atoms with Gasteiger partial charge in [-0.1, -0.05) is 30.7 Å². The van der Waals surface area contributed by atoms with Crippen LogP contribution in [0.15, 0.2) is 34.6 Å². The minimum absolute atomic E-state index is 0.665. The van der Waals surface area contributed by atoms with Crippen LogP contribution in [0.5, 0.6) is 0 Å². The molecular formula is C21H32N6S. The van der Waals surface area contributed by atoms with Crippen LogP contribution in [-0.4, -0.2) is 50.1 Å². The van der Waals surface area contributed by atoms with Crippen LogP contribution in [0, 0.1) is 0 Å². The number of rotatable bonds is 7. The van der Waals surface area contributed by atoms with Gasteiger partial charge in [-0.25, -0.2) is 4.98 Å². The number of nitrogens with zero attached hydrogens (tertiary/aromatic N) is 4. The highest BCUT2D eigenvalue weighted by Crippen LogP contribution is 2.17. The number of anilines is 1. The van der Waals surface area contributed by atoms with E-state index in [0.29, 0.717) is 6.54 Å². The van der Waals surface area contributed by atoms with Crippen LogP contribution in [0.3, 0.4) is 0 Å². The normalized spacial score (nSPS) is 15.5. The summed E-state index contributed by atoms with van der Waals surface area (Å²) in [5, 5.41) is 9.81. The van der Waals surface area contributed by atoms with Crippen molar-refractivity contribution >= 4 is 22.4 Å². The second kappa shape index (κ2) is 10.4. The largest absolute Gasteiger partial charge is 0.354 e. The topological polar surface area (TPSA) is 55.8 Å². The van der Waals surface area contributed by atoms with Gasteiger partial charge in [0, 0.05) is 39.6 Å². The zero-order valence-corrected chi connectivity index (χ0v) is 18.1. The van der Waals surface area contributed by atoms with Gasteiger partial charge < -0.3 is 15.5 Å². The summed E-state index contributed by atoms with van der Waals surface area (Å²) in [7, 11) is 5.81. The van der Waals surface area contributed by atoms with Crippen molar-refractivity contribution < 1.29 is 0 Å². The third-order valence-electron chi connectivity index (χ3n) is 4.92. The summed E-state index contributed by atoms with van der Waals surface area (Å²) in [4.78, 5) is 13.5. The first-order valence-electron chi connectivity index (χ1n) is 10.0. The van der Waals surface area contributed by atoms with Crippen LogP contribution in [0.4, 0.5) is 5.13 Å². The molecule has 152 valence electrons. The van der Waals surface area contributed by atoms with Crippen molar-refractivity contribution in [3.8, 4) is 0 Å². The quantitative estimate of drug-likeness (QED) is 0.553. The SMILES string of the molecule is CN=C(NCc1ccc(CN2CCCCC2)cc1)NCc1csc(N(C)C)n1. The van der Waals surface area contributed by atoms with E-state index in [-0.39, 0.29) is 0 Å². The fraction of sp³-hybridized carbons (Fsp3) is 0.524. The Balaban J connectivity index is 1.43. The molecular weight excluding hydrogens is 368 g/mol. The van der Waals surface area contributed by atoms with Crippen molar-refractivity contribution in [2.75, 3.05) is 39.1 Å². The van der Waals surface area contributed by atoms with E-state index in [9.17, 15) is 0 Å². The number of aromatic nitrogens is 1. The fourth-order valence-electron chi connectivity index (χ4n) is 3.30. The van der Waals surface area contributed by atoms with E-state index < -0.39 is 0 Å². The van der Waals surface area contributed by atoms with E-state index >= 15 is 0 Å². The number of hydrogen-bond acceptors (Lipinski definition) is 5. The lowest BCUT2D eigenvalue weighted by molar-refractivity contribution is 0.221. The molecule has 1 aliphatic rings. The monoisotopic (exact) mass is 400 g/mol. The van der Waals surface area contributed by atoms with Gasteiger partial charge in [-0.05, 0) is 37.1 Å². The van der Waals surface area contributed by atoms with E-state index in [1.165, 1.54) is 43.5 Å². The Hall–Kier alpha value is -2.12. The number of thiazole rings is 1. The van der Waals surface area contributed by atoms with Crippen molar-refractivity contribution in [1.82, 2.24) is 20.5 Å². The lowest BCUT2D eigenvalue weighted by Crippen LogP contribution is -2.36. The maximum atomic E-state index is 4.59. The number of nitrogens with one attached hydrogen (secondary N) is 2. The van der Waals surface area contributed by atoms with Gasteiger partial charge >= 0.3 is 0 Å². The second-order valence-electron chi connectivity index (χ2n) is 7.45. The molecule has 1 saturated heterocycles. The molecule has 1 aromatic heterocycles. The summed E-state index contributed by atoms with van der Waals surface area (Å²) in [6, 6.07) is 8.92. The number of piperidine rings is 1. The lowest BCUT2D eigenvalue weighted by Gasteiger charge is -2.26. The first-order chi connectivity index (χ1) is 13.6. The van der Waals surface area contributed by atoms with Crippen molar-refractivity contribution in [3.05, 3.63) is 46.5 Å². The molecule has 0 radical (unpaired) electrons. The van der Waals surface area contributed by atoms with Crippen LogP contribution in [0.25, 0.3) is 0 Å². The molecule has 6 nitrogen and oxygen atoms in total. The molecule has 1 aliphatic heterocycles. The van der Waals surface area contributed by atoms with Crippen molar-refractivity contribution in [3.63, 3.8) is 0 Å². The van der Waals surface area contributed by atoms with Crippen molar-refractivity contribution in [2.24, 2.45) is 4.99 Å². The minimum atomic E-state index is 0.665. The Bertz CT molecular complexity index is 747. The van der Waals surface area contributed by atoms with E-state index in [2.05, 4.69) is 55.2 Å². The maximum Gasteiger partial charge on any atom is 0.191 e. The number of benzene rings is 1. The second-order valence-corrected chi connectivity index (χ2v) is 8.29. The zero-order valence-electron chi connectivity index (χ0n) is 17.2. The standard InChI is InChI=1S/C21H32N6S/c1-22-20(24-14-19-16-28-21(25-19)26(2)3)23-13-17-7-9-18(10-8-17)15-27-11-5-4-6-12-27/h7-10,16H,4-6,11-15H2,1-3H3,(H2,22,23,24). The fourth-order valence-corrected chi connectivity index (χ4v) is 4.06. The average molecular weight is 401 g/mol. The van der Waals surface area contributed by atoms with Gasteiger partial charge in [-0.2, -0.15) is 0 Å². The van der Waals surface area contributed by atoms with Gasteiger partial charge in [0.05, 0.1) is 12.2 Å². The van der Waals surface area contributed by atoms with E-state index in [0.717, 1.165) is 29.9 Å². The first kappa shape index (κ1) is 20.6. The predicted octanol–water partition coefficient (Wildman–Crippen LogP) is 3.06. The number of aliphatic imine (C=N–C) groups is 1. The third-order valence-corrected chi connectivity index (χ3v) is 5.98. The van der Waals surface area contributed by atoms with Gasteiger partial charge in [0.15, 0.2) is 11.1 Å². The molecule has 3 rings (SSSR count). The number of hydrogen-bond donors (Lipinski definition) is 2. The van der Waals surface area contributed by atoms with Crippen LogP contribution >= 0.6 is 11.3 Å². The third kappa shape index (κ3) is 6.21. The zero-order chi connectivity index (χ0) is 19.8. The molecule has 1 aromatic carbocycles. The molecule has 0 amide bonds. The molecule has 0 spiro atoms. The smallest absolute Gasteiger partial charge is 0.191 e. The van der Waals surface area contributed by atoms with E-state index in [1.807, 2.05) is 19.0 Å². The lowest BCUT2D eigenvalue weighted by atomic mass is 10.1. The van der Waals surface area contributed by atoms with Gasteiger partial charge in [0.1, 0.15) is 0 Å². The van der Waals surface area contributed by atoms with Crippen LogP contribution in [-0.2, 0) is 19.6 Å². The Morgan fingerprint density at radius 3 is 2.39 bits per heavy atom. The van der Waals surface area contributed by atoms with Gasteiger partial charge in [0.25, 0.3) is 0 Å². The van der Waals surface area contributed by atoms with Crippen LogP contribution in [0.1, 0.15) is 36.1 Å². The number of likely N-dealkylation sites (tertiary alicyclic amines) is 1. The molecule has 0 unspecified atom stereocenters. The summed E-state index contributed by atoms with van der Waals surface area (Å²) >= 11 is 1.65. The highest BCUT2D eigenvalue weighted by atomic mass is 32.1. The molecule has 28 heavy (non-hydrogen) atoms. The predicted molar refractivity (Wildman–Crippen MR) is 119 cm³/mol. The summed E-state index contributed by atoms with van der Waals surface area (Å²) < 4.78 is 0. The molecule has 2 N–H and O–H groups in total. The van der Waals surface area contributed by atoms with Gasteiger partial charge in [0.2, 0.25) is 0 Å². The first-order valence-corrected chi connectivity index (χ1v) is 10.9.